The Hall–Kier alpha value is -2.36. The minimum Gasteiger partial charge on any atom is -0.494 e. The lowest BCUT2D eigenvalue weighted by Gasteiger charge is -2.14. The van der Waals surface area contributed by atoms with Gasteiger partial charge in [0.15, 0.2) is 5.78 Å². The van der Waals surface area contributed by atoms with Crippen molar-refractivity contribution in [2.24, 2.45) is 0 Å². The second-order valence-corrected chi connectivity index (χ2v) is 4.90. The van der Waals surface area contributed by atoms with Crippen molar-refractivity contribution in [1.82, 2.24) is 4.57 Å². The van der Waals surface area contributed by atoms with E-state index in [1.807, 2.05) is 19.9 Å². The molecule has 4 nitrogen and oxygen atoms in total. The maximum Gasteiger partial charge on any atom is 0.251 e. The molecule has 0 fully saturated rings. The standard InChI is InChI=1S/C17H19NO3/c1-4-21-16-9-8-14(13(3)19)10-15(16)11-18-12(2)6-5-7-17(18)20/h5-10H,4,11H2,1-3H3. The Morgan fingerprint density at radius 2 is 2.00 bits per heavy atom. The van der Waals surface area contributed by atoms with Crippen molar-refractivity contribution in [3.63, 3.8) is 0 Å². The van der Waals surface area contributed by atoms with Crippen LogP contribution in [-0.4, -0.2) is 17.0 Å². The average molecular weight is 285 g/mol. The second kappa shape index (κ2) is 6.39. The van der Waals surface area contributed by atoms with Crippen LogP contribution in [0.2, 0.25) is 0 Å². The van der Waals surface area contributed by atoms with Crippen LogP contribution in [0.15, 0.2) is 41.2 Å². The molecule has 4 heteroatoms. The number of carbonyl (C=O) groups excluding carboxylic acids is 1. The van der Waals surface area contributed by atoms with Crippen molar-refractivity contribution in [2.75, 3.05) is 6.61 Å². The van der Waals surface area contributed by atoms with Gasteiger partial charge in [-0.1, -0.05) is 6.07 Å². The van der Waals surface area contributed by atoms with E-state index < -0.39 is 0 Å². The van der Waals surface area contributed by atoms with Crippen LogP contribution in [0.25, 0.3) is 0 Å². The zero-order valence-electron chi connectivity index (χ0n) is 12.6. The van der Waals surface area contributed by atoms with Crippen LogP contribution in [-0.2, 0) is 6.54 Å². The van der Waals surface area contributed by atoms with Gasteiger partial charge in [-0.2, -0.15) is 0 Å². The Bertz CT molecular complexity index is 716. The zero-order valence-corrected chi connectivity index (χ0v) is 12.6. The number of ketones is 1. The number of Topliss-reactive ketones (excluding diaryl/α,β-unsaturated/α-hetero) is 1. The van der Waals surface area contributed by atoms with E-state index in [9.17, 15) is 9.59 Å². The van der Waals surface area contributed by atoms with E-state index in [0.29, 0.717) is 24.5 Å². The Balaban J connectivity index is 2.48. The van der Waals surface area contributed by atoms with E-state index in [0.717, 1.165) is 11.3 Å². The maximum absolute atomic E-state index is 12.0. The molecule has 0 saturated heterocycles. The smallest absolute Gasteiger partial charge is 0.251 e. The molecular formula is C17H19NO3. The van der Waals surface area contributed by atoms with Gasteiger partial charge in [0.25, 0.3) is 5.56 Å². The van der Waals surface area contributed by atoms with Crippen molar-refractivity contribution in [3.8, 4) is 5.75 Å². The van der Waals surface area contributed by atoms with Crippen LogP contribution in [0, 0.1) is 6.92 Å². The molecule has 1 heterocycles. The third-order valence-corrected chi connectivity index (χ3v) is 3.36. The molecule has 2 aromatic rings. The number of carbonyl (C=O) groups is 1. The van der Waals surface area contributed by atoms with Gasteiger partial charge in [0.2, 0.25) is 0 Å². The van der Waals surface area contributed by atoms with Crippen LogP contribution < -0.4 is 10.3 Å². The third-order valence-electron chi connectivity index (χ3n) is 3.36. The topological polar surface area (TPSA) is 48.3 Å². The van der Waals surface area contributed by atoms with E-state index in [1.165, 1.54) is 13.0 Å². The molecular weight excluding hydrogens is 266 g/mol. The molecule has 0 atom stereocenters. The van der Waals surface area contributed by atoms with Gasteiger partial charge in [-0.05, 0) is 45.0 Å². The van der Waals surface area contributed by atoms with Gasteiger partial charge in [-0.15, -0.1) is 0 Å². The molecule has 0 radical (unpaired) electrons. The first-order valence-electron chi connectivity index (χ1n) is 6.96. The first-order chi connectivity index (χ1) is 10.0. The molecule has 21 heavy (non-hydrogen) atoms. The fourth-order valence-electron chi connectivity index (χ4n) is 2.21. The Morgan fingerprint density at radius 3 is 2.62 bits per heavy atom. The summed E-state index contributed by atoms with van der Waals surface area (Å²) in [4.78, 5) is 23.5. The van der Waals surface area contributed by atoms with Gasteiger partial charge < -0.3 is 9.30 Å². The van der Waals surface area contributed by atoms with E-state index >= 15 is 0 Å². The highest BCUT2D eigenvalue weighted by Gasteiger charge is 2.10. The lowest BCUT2D eigenvalue weighted by Crippen LogP contribution is -2.22. The number of aromatic nitrogens is 1. The minimum atomic E-state index is -0.0642. The van der Waals surface area contributed by atoms with Gasteiger partial charge in [-0.3, -0.25) is 9.59 Å². The molecule has 0 aliphatic carbocycles. The Labute approximate surface area is 124 Å². The summed E-state index contributed by atoms with van der Waals surface area (Å²) < 4.78 is 7.27. The fourth-order valence-corrected chi connectivity index (χ4v) is 2.21. The first kappa shape index (κ1) is 15.0. The van der Waals surface area contributed by atoms with E-state index in [-0.39, 0.29) is 11.3 Å². The number of aryl methyl sites for hydroxylation is 1. The lowest BCUT2D eigenvalue weighted by atomic mass is 10.1. The summed E-state index contributed by atoms with van der Waals surface area (Å²) in [6.07, 6.45) is 0. The number of hydrogen-bond donors (Lipinski definition) is 0. The van der Waals surface area contributed by atoms with Crippen molar-refractivity contribution >= 4 is 5.78 Å². The number of benzene rings is 1. The van der Waals surface area contributed by atoms with Crippen LogP contribution in [0.4, 0.5) is 0 Å². The molecule has 1 aromatic heterocycles. The molecule has 110 valence electrons. The molecule has 0 saturated carbocycles. The fraction of sp³-hybridized carbons (Fsp3) is 0.294. The quantitative estimate of drug-likeness (QED) is 0.794. The average Bonchev–Trinajstić information content (AvgIpc) is 2.44. The number of ether oxygens (including phenoxy) is 1. The molecule has 0 bridgehead atoms. The van der Waals surface area contributed by atoms with E-state index in [1.54, 1.807) is 28.8 Å². The predicted molar refractivity (Wildman–Crippen MR) is 82.2 cm³/mol. The third kappa shape index (κ3) is 3.40. The molecule has 0 N–H and O–H groups in total. The molecule has 0 amide bonds. The van der Waals surface area contributed by atoms with Crippen molar-refractivity contribution in [3.05, 3.63) is 63.6 Å². The maximum atomic E-state index is 12.0. The lowest BCUT2D eigenvalue weighted by molar-refractivity contribution is 0.101. The molecule has 0 spiro atoms. The van der Waals surface area contributed by atoms with Crippen LogP contribution in [0.1, 0.15) is 35.5 Å². The Morgan fingerprint density at radius 1 is 1.24 bits per heavy atom. The normalized spacial score (nSPS) is 10.4. The van der Waals surface area contributed by atoms with Crippen molar-refractivity contribution in [2.45, 2.75) is 27.3 Å². The SMILES string of the molecule is CCOc1ccc(C(C)=O)cc1Cn1c(C)cccc1=O. The summed E-state index contributed by atoms with van der Waals surface area (Å²) in [6, 6.07) is 10.5. The minimum absolute atomic E-state index is 0.00331. The number of pyridine rings is 1. The van der Waals surface area contributed by atoms with Crippen LogP contribution >= 0.6 is 0 Å². The highest BCUT2D eigenvalue weighted by molar-refractivity contribution is 5.94. The van der Waals surface area contributed by atoms with Gasteiger partial charge in [0.1, 0.15) is 5.75 Å². The van der Waals surface area contributed by atoms with Crippen molar-refractivity contribution < 1.29 is 9.53 Å². The molecule has 0 aliphatic rings. The molecule has 0 aliphatic heterocycles. The summed E-state index contributed by atoms with van der Waals surface area (Å²) in [5.41, 5.74) is 2.26. The summed E-state index contributed by atoms with van der Waals surface area (Å²) in [5, 5.41) is 0. The highest BCUT2D eigenvalue weighted by atomic mass is 16.5. The highest BCUT2D eigenvalue weighted by Crippen LogP contribution is 2.22. The molecule has 0 unspecified atom stereocenters. The number of hydrogen-bond acceptors (Lipinski definition) is 3. The van der Waals surface area contributed by atoms with Gasteiger partial charge in [-0.25, -0.2) is 0 Å². The van der Waals surface area contributed by atoms with Crippen LogP contribution in [0.3, 0.4) is 0 Å². The molecule has 2 rings (SSSR count). The number of nitrogens with zero attached hydrogens (tertiary/aromatic N) is 1. The zero-order chi connectivity index (χ0) is 15.4. The van der Waals surface area contributed by atoms with Crippen molar-refractivity contribution in [1.29, 1.82) is 0 Å². The first-order valence-corrected chi connectivity index (χ1v) is 6.96. The van der Waals surface area contributed by atoms with E-state index in [2.05, 4.69) is 0 Å². The van der Waals surface area contributed by atoms with Gasteiger partial charge in [0, 0.05) is 22.9 Å². The largest absolute Gasteiger partial charge is 0.494 e. The Kier molecular flexibility index (Phi) is 4.58. The summed E-state index contributed by atoms with van der Waals surface area (Å²) in [5.74, 6) is 0.703. The second-order valence-electron chi connectivity index (χ2n) is 4.90. The monoisotopic (exact) mass is 285 g/mol. The predicted octanol–water partition coefficient (Wildman–Crippen LogP) is 2.81. The van der Waals surface area contributed by atoms with Gasteiger partial charge >= 0.3 is 0 Å². The van der Waals surface area contributed by atoms with Crippen LogP contribution in [0.5, 0.6) is 5.75 Å². The molecule has 1 aromatic carbocycles. The summed E-state index contributed by atoms with van der Waals surface area (Å²) >= 11 is 0. The van der Waals surface area contributed by atoms with Gasteiger partial charge in [0.05, 0.1) is 13.2 Å². The summed E-state index contributed by atoms with van der Waals surface area (Å²) in [7, 11) is 0. The number of rotatable bonds is 5. The van der Waals surface area contributed by atoms with E-state index in [4.69, 9.17) is 4.74 Å². The summed E-state index contributed by atoms with van der Waals surface area (Å²) in [6.45, 7) is 6.25.